The molecule has 0 saturated carbocycles. The Balaban J connectivity index is 1.68. The van der Waals surface area contributed by atoms with Gasteiger partial charge in [-0.1, -0.05) is 40.0 Å². The van der Waals surface area contributed by atoms with Crippen LogP contribution in [-0.4, -0.2) is 97.0 Å². The van der Waals surface area contributed by atoms with Gasteiger partial charge in [0.25, 0.3) is 5.91 Å². The molecule has 2 unspecified atom stereocenters. The van der Waals surface area contributed by atoms with Crippen LogP contribution in [0.2, 0.25) is 0 Å². The molecule has 0 radical (unpaired) electrons. The summed E-state index contributed by atoms with van der Waals surface area (Å²) >= 11 is 19.0. The zero-order chi connectivity index (χ0) is 28.4. The van der Waals surface area contributed by atoms with Crippen molar-refractivity contribution < 1.29 is 38.6 Å². The first-order valence-corrected chi connectivity index (χ1v) is 13.9. The number of ether oxygens (including phenoxy) is 2. The van der Waals surface area contributed by atoms with Gasteiger partial charge >= 0.3 is 12.1 Å². The highest BCUT2D eigenvalue weighted by Gasteiger charge is 2.58. The number of aromatic nitrogens is 1. The first-order chi connectivity index (χ1) is 17.6. The molecule has 2 saturated heterocycles. The van der Waals surface area contributed by atoms with Crippen LogP contribution in [0.3, 0.4) is 0 Å². The van der Waals surface area contributed by atoms with E-state index in [-0.39, 0.29) is 22.3 Å². The number of amides is 3. The van der Waals surface area contributed by atoms with Crippen LogP contribution in [0.1, 0.15) is 26.5 Å². The number of β-lactam (4-membered cyclic amide) rings is 1. The second-order valence-electron chi connectivity index (χ2n) is 8.94. The van der Waals surface area contributed by atoms with Crippen molar-refractivity contribution in [1.82, 2.24) is 15.2 Å². The van der Waals surface area contributed by atoms with Crippen molar-refractivity contribution >= 4 is 92.6 Å². The maximum atomic E-state index is 13.0. The van der Waals surface area contributed by atoms with E-state index in [4.69, 9.17) is 49.1 Å². The van der Waals surface area contributed by atoms with Crippen LogP contribution in [0, 0.1) is 0 Å². The molecule has 1 aromatic rings. The summed E-state index contributed by atoms with van der Waals surface area (Å²) in [5, 5.41) is 20.0. The van der Waals surface area contributed by atoms with Gasteiger partial charge in [0.05, 0.1) is 6.10 Å². The third-order valence-corrected chi connectivity index (χ3v) is 7.30. The molecule has 2 aliphatic heterocycles. The number of thiazole rings is 1. The van der Waals surface area contributed by atoms with Gasteiger partial charge in [0.1, 0.15) is 36.4 Å². The van der Waals surface area contributed by atoms with E-state index in [1.807, 2.05) is 0 Å². The minimum atomic E-state index is -1.87. The van der Waals surface area contributed by atoms with Gasteiger partial charge in [-0.3, -0.25) is 14.9 Å². The second-order valence-corrected chi connectivity index (χ2v) is 13.5. The first kappa shape index (κ1) is 30.5. The number of rotatable bonds is 7. The van der Waals surface area contributed by atoms with Gasteiger partial charge in [-0.15, -0.1) is 23.1 Å². The number of esters is 1. The number of hydrogen-bond acceptors (Lipinski definition) is 12. The van der Waals surface area contributed by atoms with Crippen LogP contribution in [0.5, 0.6) is 0 Å². The Morgan fingerprint density at radius 1 is 1.29 bits per heavy atom. The first-order valence-electron chi connectivity index (χ1n) is 10.8. The van der Waals surface area contributed by atoms with Gasteiger partial charge in [-0.25, -0.2) is 14.6 Å². The molecule has 3 amide bonds. The Bertz CT molecular complexity index is 1120. The van der Waals surface area contributed by atoms with Crippen LogP contribution in [0.25, 0.3) is 0 Å². The Morgan fingerprint density at radius 2 is 1.97 bits per heavy atom. The molecule has 2 fully saturated rings. The minimum Gasteiger partial charge on any atom is -0.460 e. The van der Waals surface area contributed by atoms with E-state index < -0.39 is 63.4 Å². The molecule has 0 spiro atoms. The zero-order valence-electron chi connectivity index (χ0n) is 20.4. The maximum absolute atomic E-state index is 13.0. The molecule has 18 heteroatoms. The smallest absolute Gasteiger partial charge is 0.413 e. The number of alkyl halides is 3. The molecule has 0 aliphatic carbocycles. The fraction of sp³-hybridized carbons (Fsp3) is 0.600. The molecule has 3 rings (SSSR count). The van der Waals surface area contributed by atoms with Crippen LogP contribution >= 0.6 is 57.9 Å². The summed E-state index contributed by atoms with van der Waals surface area (Å²) in [5.41, 5.74) is -0.905. The third kappa shape index (κ3) is 7.54. The lowest BCUT2D eigenvalue weighted by atomic mass is 9.99. The summed E-state index contributed by atoms with van der Waals surface area (Å²) in [7, 11) is 1.22. The van der Waals surface area contributed by atoms with Crippen molar-refractivity contribution in [1.29, 1.82) is 0 Å². The largest absolute Gasteiger partial charge is 0.460 e. The molecule has 3 N–H and O–H groups in total. The van der Waals surface area contributed by atoms with Gasteiger partial charge in [-0.05, 0) is 20.8 Å². The maximum Gasteiger partial charge on any atom is 0.413 e. The van der Waals surface area contributed by atoms with Crippen LogP contribution in [0.4, 0.5) is 9.93 Å². The normalized spacial score (nSPS) is 23.6. The molecule has 2 aliphatic rings. The van der Waals surface area contributed by atoms with Crippen molar-refractivity contribution in [2.45, 2.75) is 53.7 Å². The lowest BCUT2D eigenvalue weighted by molar-refractivity contribution is -0.170. The molecule has 3 heterocycles. The van der Waals surface area contributed by atoms with Crippen molar-refractivity contribution in [3.8, 4) is 0 Å². The predicted molar refractivity (Wildman–Crippen MR) is 142 cm³/mol. The van der Waals surface area contributed by atoms with E-state index in [0.29, 0.717) is 0 Å². The Hall–Kier alpha value is -2.04. The summed E-state index contributed by atoms with van der Waals surface area (Å²) < 4.78 is 8.26. The summed E-state index contributed by atoms with van der Waals surface area (Å²) in [5.74, 6) is -2.28. The number of anilines is 1. The fourth-order valence-electron chi connectivity index (χ4n) is 3.41. The van der Waals surface area contributed by atoms with E-state index in [9.17, 15) is 24.3 Å². The molecule has 13 nitrogen and oxygen atoms in total. The van der Waals surface area contributed by atoms with Crippen molar-refractivity contribution in [2.75, 3.05) is 24.8 Å². The summed E-state index contributed by atoms with van der Waals surface area (Å²) in [6.07, 6.45) is -1.96. The van der Waals surface area contributed by atoms with E-state index in [0.717, 1.165) is 28.0 Å². The van der Waals surface area contributed by atoms with E-state index in [1.165, 1.54) is 12.5 Å². The standard InChI is InChI=1S/C20H24Cl3N5O8S2/c1-19(2,3)36-18(33)26-17-24-8(5-38-17)10(27-34-4)13(30)25-11-14(31)28-12(9(29)6-37-15(11)28)16(32)35-7-20(21,22)23/h5,9,11-12,15,29H,6-7H2,1-4H3,(H,25,30)(H,24,26,33)/t9?,11-,12?,15+/m1/s1. The van der Waals surface area contributed by atoms with Gasteiger partial charge in [-0.2, -0.15) is 0 Å². The number of fused-ring (bicyclic) bond motifs is 1. The van der Waals surface area contributed by atoms with Gasteiger partial charge in [0, 0.05) is 11.1 Å². The highest BCUT2D eigenvalue weighted by Crippen LogP contribution is 2.39. The van der Waals surface area contributed by atoms with Crippen molar-refractivity contribution in [2.24, 2.45) is 5.16 Å². The number of carbonyl (C=O) groups is 4. The second kappa shape index (κ2) is 12.0. The number of nitrogens with zero attached hydrogens (tertiary/aromatic N) is 3. The quantitative estimate of drug-likeness (QED) is 0.133. The number of halogens is 3. The average molecular weight is 633 g/mol. The summed E-state index contributed by atoms with van der Waals surface area (Å²) in [6.45, 7) is 4.54. The summed E-state index contributed by atoms with van der Waals surface area (Å²) in [6, 6.07) is -2.37. The van der Waals surface area contributed by atoms with Crippen LogP contribution in [-0.2, 0) is 28.7 Å². The van der Waals surface area contributed by atoms with Crippen LogP contribution in [0.15, 0.2) is 10.5 Å². The van der Waals surface area contributed by atoms with Crippen molar-refractivity contribution in [3.05, 3.63) is 11.1 Å². The zero-order valence-corrected chi connectivity index (χ0v) is 24.3. The van der Waals surface area contributed by atoms with Gasteiger partial charge < -0.3 is 29.6 Å². The fourth-order valence-corrected chi connectivity index (χ4v) is 5.60. The van der Waals surface area contributed by atoms with Gasteiger partial charge in [0.2, 0.25) is 9.70 Å². The number of aliphatic hydroxyl groups is 1. The Morgan fingerprint density at radius 3 is 2.58 bits per heavy atom. The number of aliphatic hydroxyl groups excluding tert-OH is 1. The summed E-state index contributed by atoms with van der Waals surface area (Å²) in [4.78, 5) is 60.5. The number of nitrogens with one attached hydrogen (secondary N) is 2. The van der Waals surface area contributed by atoms with Crippen molar-refractivity contribution in [3.63, 3.8) is 0 Å². The number of thioether (sulfide) groups is 1. The molecule has 1 aromatic heterocycles. The molecule has 4 atom stereocenters. The van der Waals surface area contributed by atoms with Gasteiger partial charge in [0.15, 0.2) is 16.9 Å². The monoisotopic (exact) mass is 631 g/mol. The predicted octanol–water partition coefficient (Wildman–Crippen LogP) is 1.88. The molecule has 0 bridgehead atoms. The highest BCUT2D eigenvalue weighted by molar-refractivity contribution is 8.00. The molecular formula is C20H24Cl3N5O8S2. The van der Waals surface area contributed by atoms with E-state index in [2.05, 4.69) is 20.8 Å². The van der Waals surface area contributed by atoms with E-state index in [1.54, 1.807) is 20.8 Å². The average Bonchev–Trinajstić information content (AvgIpc) is 3.25. The lowest BCUT2D eigenvalue weighted by Gasteiger charge is -2.53. The minimum absolute atomic E-state index is 0.0731. The third-order valence-electron chi connectivity index (χ3n) is 4.84. The van der Waals surface area contributed by atoms with Crippen LogP contribution < -0.4 is 10.6 Å². The molecule has 38 heavy (non-hydrogen) atoms. The molecular weight excluding hydrogens is 609 g/mol. The topological polar surface area (TPSA) is 169 Å². The number of hydrogen-bond donors (Lipinski definition) is 3. The number of oxime groups is 1. The SMILES string of the molecule is CON=C(C(=O)N[C@@H]1C(=O)N2C(C(=O)OCC(Cl)(Cl)Cl)C(O)CS[C@@H]12)c1csc(NC(=O)OC(C)(C)C)n1. The Labute approximate surface area is 240 Å². The van der Waals surface area contributed by atoms with E-state index >= 15 is 0 Å². The molecule has 0 aromatic carbocycles. The number of carbonyl (C=O) groups excluding carboxylic acids is 4. The lowest BCUT2D eigenvalue weighted by Crippen LogP contribution is -2.77. The highest BCUT2D eigenvalue weighted by atomic mass is 35.6. The Kier molecular flexibility index (Phi) is 9.63. The molecule has 210 valence electrons.